The Labute approximate surface area is 113 Å². The Morgan fingerprint density at radius 1 is 1.33 bits per heavy atom. The van der Waals surface area contributed by atoms with Gasteiger partial charge in [0.1, 0.15) is 5.15 Å². The Kier molecular flexibility index (Phi) is 3.74. The number of nitrogens with one attached hydrogen (secondary N) is 1. The molecule has 2 aromatic rings. The summed E-state index contributed by atoms with van der Waals surface area (Å²) in [5, 5.41) is 11.5. The zero-order chi connectivity index (χ0) is 13.1. The minimum absolute atomic E-state index is 0.265. The van der Waals surface area contributed by atoms with Crippen molar-refractivity contribution in [3.63, 3.8) is 0 Å². The molecule has 7 heteroatoms. The van der Waals surface area contributed by atoms with Crippen LogP contribution in [0, 0.1) is 0 Å². The highest BCUT2D eigenvalue weighted by atomic mass is 35.5. The number of rotatable bonds is 3. The number of hydrogen-bond acceptors (Lipinski definition) is 2. The summed E-state index contributed by atoms with van der Waals surface area (Å²) in [4.78, 5) is 14.3. The monoisotopic (exact) mass is 285 g/mol. The summed E-state index contributed by atoms with van der Waals surface area (Å²) in [6.45, 7) is 0.520. The number of imidazole rings is 1. The van der Waals surface area contributed by atoms with Crippen LogP contribution in [0.2, 0.25) is 10.3 Å². The van der Waals surface area contributed by atoms with Crippen molar-refractivity contribution in [1.82, 2.24) is 9.55 Å². The van der Waals surface area contributed by atoms with Crippen LogP contribution in [-0.2, 0) is 6.54 Å². The predicted octanol–water partition coefficient (Wildman–Crippen LogP) is 3.33. The van der Waals surface area contributed by atoms with E-state index in [4.69, 9.17) is 28.3 Å². The zero-order valence-electron chi connectivity index (χ0n) is 9.10. The van der Waals surface area contributed by atoms with Crippen molar-refractivity contribution in [1.29, 1.82) is 0 Å². The third-order valence-corrected chi connectivity index (χ3v) is 3.06. The highest BCUT2D eigenvalue weighted by molar-refractivity contribution is 6.40. The maximum absolute atomic E-state index is 10.4. The molecule has 0 radical (unpaired) electrons. The van der Waals surface area contributed by atoms with Crippen molar-refractivity contribution >= 4 is 35.0 Å². The van der Waals surface area contributed by atoms with Gasteiger partial charge in [0.2, 0.25) is 0 Å². The molecule has 0 aliphatic rings. The lowest BCUT2D eigenvalue weighted by Crippen LogP contribution is -2.07. The summed E-state index contributed by atoms with van der Waals surface area (Å²) in [6, 6.07) is 6.96. The molecule has 94 valence electrons. The molecule has 0 unspecified atom stereocenters. The van der Waals surface area contributed by atoms with Gasteiger partial charge < -0.3 is 9.67 Å². The first-order valence-corrected chi connectivity index (χ1v) is 5.77. The molecule has 0 spiro atoms. The molecule has 0 saturated carbocycles. The summed E-state index contributed by atoms with van der Waals surface area (Å²) in [5.41, 5.74) is 1.47. The highest BCUT2D eigenvalue weighted by Crippen LogP contribution is 2.21. The molecule has 0 saturated heterocycles. The molecule has 1 heterocycles. The average molecular weight is 286 g/mol. The summed E-state index contributed by atoms with van der Waals surface area (Å²) < 4.78 is 1.70. The molecule has 1 aromatic heterocycles. The van der Waals surface area contributed by atoms with Gasteiger partial charge in [-0.25, -0.2) is 9.78 Å². The van der Waals surface area contributed by atoms with Gasteiger partial charge in [0.25, 0.3) is 0 Å². The van der Waals surface area contributed by atoms with E-state index in [9.17, 15) is 4.79 Å². The first-order valence-electron chi connectivity index (χ1n) is 5.01. The van der Waals surface area contributed by atoms with Crippen LogP contribution in [0.4, 0.5) is 10.5 Å². The van der Waals surface area contributed by atoms with Crippen molar-refractivity contribution in [3.05, 3.63) is 46.5 Å². The fraction of sp³-hybridized carbons (Fsp3) is 0.0909. The van der Waals surface area contributed by atoms with Gasteiger partial charge >= 0.3 is 6.09 Å². The molecule has 18 heavy (non-hydrogen) atoms. The zero-order valence-corrected chi connectivity index (χ0v) is 10.6. The largest absolute Gasteiger partial charge is 0.465 e. The van der Waals surface area contributed by atoms with Gasteiger partial charge in [-0.1, -0.05) is 35.3 Å². The molecule has 0 bridgehead atoms. The number of carbonyl (C=O) groups is 1. The lowest BCUT2D eigenvalue weighted by Gasteiger charge is -2.05. The number of hydrogen-bond donors (Lipinski definition) is 2. The van der Waals surface area contributed by atoms with Crippen LogP contribution < -0.4 is 5.32 Å². The highest BCUT2D eigenvalue weighted by Gasteiger charge is 2.06. The van der Waals surface area contributed by atoms with Gasteiger partial charge in [-0.2, -0.15) is 0 Å². The average Bonchev–Trinajstić information content (AvgIpc) is 2.63. The SMILES string of the molecule is O=C(O)Nc1ccc(Cn2cnc(Cl)c2Cl)cc1. The smallest absolute Gasteiger partial charge is 0.409 e. The summed E-state index contributed by atoms with van der Waals surface area (Å²) >= 11 is 11.7. The molecular weight excluding hydrogens is 277 g/mol. The second-order valence-electron chi connectivity index (χ2n) is 3.58. The first-order chi connectivity index (χ1) is 8.56. The molecule has 0 aliphatic carbocycles. The van der Waals surface area contributed by atoms with Crippen molar-refractivity contribution < 1.29 is 9.90 Å². The quantitative estimate of drug-likeness (QED) is 0.909. The van der Waals surface area contributed by atoms with E-state index in [0.29, 0.717) is 17.4 Å². The standard InChI is InChI=1S/C11H9Cl2N3O2/c12-9-10(13)16(6-14-9)5-7-1-3-8(4-2-7)15-11(17)18/h1-4,6,15H,5H2,(H,17,18). The van der Waals surface area contributed by atoms with Crippen LogP contribution in [0.3, 0.4) is 0 Å². The maximum atomic E-state index is 10.4. The lowest BCUT2D eigenvalue weighted by atomic mass is 10.2. The van der Waals surface area contributed by atoms with Crippen LogP contribution in [0.15, 0.2) is 30.6 Å². The van der Waals surface area contributed by atoms with Gasteiger partial charge in [-0.15, -0.1) is 0 Å². The van der Waals surface area contributed by atoms with Gasteiger partial charge in [-0.3, -0.25) is 5.32 Å². The Balaban J connectivity index is 2.11. The summed E-state index contributed by atoms with van der Waals surface area (Å²) in [5.74, 6) is 0. The number of amides is 1. The minimum Gasteiger partial charge on any atom is -0.465 e. The van der Waals surface area contributed by atoms with Gasteiger partial charge in [0.15, 0.2) is 5.15 Å². The third kappa shape index (κ3) is 2.94. The molecule has 2 N–H and O–H groups in total. The van der Waals surface area contributed by atoms with E-state index in [1.807, 2.05) is 0 Å². The Morgan fingerprint density at radius 2 is 2.00 bits per heavy atom. The van der Waals surface area contributed by atoms with Crippen molar-refractivity contribution in [2.24, 2.45) is 0 Å². The van der Waals surface area contributed by atoms with Crippen LogP contribution in [0.1, 0.15) is 5.56 Å². The topological polar surface area (TPSA) is 67.2 Å². The molecular formula is C11H9Cl2N3O2. The second kappa shape index (κ2) is 5.29. The number of halogens is 2. The molecule has 5 nitrogen and oxygen atoms in total. The fourth-order valence-electron chi connectivity index (χ4n) is 1.47. The molecule has 1 amide bonds. The van der Waals surface area contributed by atoms with Crippen LogP contribution in [-0.4, -0.2) is 20.8 Å². The van der Waals surface area contributed by atoms with Crippen LogP contribution in [0.25, 0.3) is 0 Å². The summed E-state index contributed by atoms with van der Waals surface area (Å²) in [7, 11) is 0. The molecule has 1 aromatic carbocycles. The van der Waals surface area contributed by atoms with E-state index in [0.717, 1.165) is 5.56 Å². The van der Waals surface area contributed by atoms with Gasteiger partial charge in [0.05, 0.1) is 6.33 Å². The van der Waals surface area contributed by atoms with Crippen molar-refractivity contribution in [3.8, 4) is 0 Å². The van der Waals surface area contributed by atoms with E-state index in [-0.39, 0.29) is 5.15 Å². The van der Waals surface area contributed by atoms with Crippen molar-refractivity contribution in [2.75, 3.05) is 5.32 Å². The number of carboxylic acid groups (broad SMARTS) is 1. The molecule has 0 aliphatic heterocycles. The molecule has 0 fully saturated rings. The number of anilines is 1. The van der Waals surface area contributed by atoms with E-state index < -0.39 is 6.09 Å². The lowest BCUT2D eigenvalue weighted by molar-refractivity contribution is 0.210. The number of aromatic nitrogens is 2. The summed E-state index contributed by atoms with van der Waals surface area (Å²) in [6.07, 6.45) is 0.459. The van der Waals surface area contributed by atoms with Gasteiger partial charge in [0, 0.05) is 12.2 Å². The van der Waals surface area contributed by atoms with Crippen LogP contribution >= 0.6 is 23.2 Å². The Bertz CT molecular complexity index is 566. The van der Waals surface area contributed by atoms with Crippen molar-refractivity contribution in [2.45, 2.75) is 6.54 Å². The number of nitrogens with zero attached hydrogens (tertiary/aromatic N) is 2. The van der Waals surface area contributed by atoms with E-state index in [2.05, 4.69) is 10.3 Å². The van der Waals surface area contributed by atoms with Gasteiger partial charge in [-0.05, 0) is 17.7 Å². The third-order valence-electron chi connectivity index (χ3n) is 2.29. The first kappa shape index (κ1) is 12.7. The second-order valence-corrected chi connectivity index (χ2v) is 4.30. The Hall–Kier alpha value is -1.72. The normalized spacial score (nSPS) is 10.3. The Morgan fingerprint density at radius 3 is 2.50 bits per heavy atom. The van der Waals surface area contributed by atoms with Crippen LogP contribution in [0.5, 0.6) is 0 Å². The predicted molar refractivity (Wildman–Crippen MR) is 69.4 cm³/mol. The fourth-order valence-corrected chi connectivity index (χ4v) is 1.77. The van der Waals surface area contributed by atoms with E-state index >= 15 is 0 Å². The van der Waals surface area contributed by atoms with E-state index in [1.165, 1.54) is 0 Å². The molecule has 2 rings (SSSR count). The molecule has 0 atom stereocenters. The van der Waals surface area contributed by atoms with E-state index in [1.54, 1.807) is 35.2 Å². The number of benzene rings is 1. The minimum atomic E-state index is -1.09. The maximum Gasteiger partial charge on any atom is 0.409 e.